The Labute approximate surface area is 77.1 Å². The van der Waals surface area contributed by atoms with Crippen molar-refractivity contribution in [2.75, 3.05) is 18.9 Å². The van der Waals surface area contributed by atoms with Crippen LogP contribution in [0.4, 0.5) is 0 Å². The Kier molecular flexibility index (Phi) is 6.61. The zero-order valence-electron chi connectivity index (χ0n) is 8.08. The average Bonchev–Trinajstić information content (AvgIpc) is 2.02. The lowest BCUT2D eigenvalue weighted by Crippen LogP contribution is -2.25. The van der Waals surface area contributed by atoms with Crippen LogP contribution in [0.1, 0.15) is 20.8 Å². The van der Waals surface area contributed by atoms with Crippen LogP contribution in [-0.4, -0.2) is 34.5 Å². The van der Waals surface area contributed by atoms with E-state index < -0.39 is 10.8 Å². The summed E-state index contributed by atoms with van der Waals surface area (Å²) >= 11 is 0. The van der Waals surface area contributed by atoms with Gasteiger partial charge in [0.1, 0.15) is 0 Å². The molecule has 0 aromatic heterocycles. The van der Waals surface area contributed by atoms with E-state index in [9.17, 15) is 4.21 Å². The summed E-state index contributed by atoms with van der Waals surface area (Å²) in [4.78, 5) is 0. The molecule has 12 heavy (non-hydrogen) atoms. The number of ether oxygens (including phenoxy) is 1. The highest BCUT2D eigenvalue weighted by molar-refractivity contribution is 7.85. The number of rotatable bonds is 6. The molecule has 0 saturated heterocycles. The smallest absolute Gasteiger partial charge is 0.0585 e. The number of nitrogens with two attached hydrogens (primary N) is 1. The van der Waals surface area contributed by atoms with Gasteiger partial charge >= 0.3 is 0 Å². The second-order valence-electron chi connectivity index (χ2n) is 3.05. The van der Waals surface area contributed by atoms with Crippen molar-refractivity contribution in [3.8, 4) is 0 Å². The van der Waals surface area contributed by atoms with Crippen LogP contribution in [0.3, 0.4) is 0 Å². The fourth-order valence-electron chi connectivity index (χ4n) is 0.674. The second kappa shape index (κ2) is 6.57. The Morgan fingerprint density at radius 2 is 2.00 bits per heavy atom. The van der Waals surface area contributed by atoms with Crippen LogP contribution < -0.4 is 5.73 Å². The molecule has 2 atom stereocenters. The lowest BCUT2D eigenvalue weighted by molar-refractivity contribution is 0.0916. The van der Waals surface area contributed by atoms with Gasteiger partial charge in [-0.3, -0.25) is 4.21 Å². The Morgan fingerprint density at radius 3 is 2.42 bits per heavy atom. The van der Waals surface area contributed by atoms with Crippen molar-refractivity contribution in [3.63, 3.8) is 0 Å². The van der Waals surface area contributed by atoms with E-state index in [1.807, 2.05) is 20.8 Å². The van der Waals surface area contributed by atoms with E-state index in [2.05, 4.69) is 0 Å². The van der Waals surface area contributed by atoms with Gasteiger partial charge in [0, 0.05) is 28.3 Å². The van der Waals surface area contributed by atoms with Crippen molar-refractivity contribution in [1.82, 2.24) is 0 Å². The number of hydrogen-bond acceptors (Lipinski definition) is 3. The summed E-state index contributed by atoms with van der Waals surface area (Å²) in [5.74, 6) is 0.594. The second-order valence-corrected chi connectivity index (χ2v) is 5.03. The van der Waals surface area contributed by atoms with Crippen LogP contribution in [0.15, 0.2) is 0 Å². The standard InChI is InChI=1S/C8H19NO2S/c1-7(2)11-4-5-12(10)8(3)6-9/h7-8H,4-6,9H2,1-3H3. The molecule has 3 nitrogen and oxygen atoms in total. The van der Waals surface area contributed by atoms with Crippen LogP contribution in [0.25, 0.3) is 0 Å². The summed E-state index contributed by atoms with van der Waals surface area (Å²) < 4.78 is 16.6. The van der Waals surface area contributed by atoms with Crippen molar-refractivity contribution >= 4 is 10.8 Å². The van der Waals surface area contributed by atoms with Crippen molar-refractivity contribution in [2.45, 2.75) is 32.1 Å². The lowest BCUT2D eigenvalue weighted by Gasteiger charge is -2.10. The van der Waals surface area contributed by atoms with E-state index >= 15 is 0 Å². The zero-order valence-corrected chi connectivity index (χ0v) is 8.89. The summed E-state index contributed by atoms with van der Waals surface area (Å²) in [5, 5.41) is 0.0840. The molecule has 0 aromatic rings. The Morgan fingerprint density at radius 1 is 1.42 bits per heavy atom. The van der Waals surface area contributed by atoms with Crippen LogP contribution >= 0.6 is 0 Å². The highest BCUT2D eigenvalue weighted by Crippen LogP contribution is 1.95. The quantitative estimate of drug-likeness (QED) is 0.668. The molecule has 74 valence electrons. The van der Waals surface area contributed by atoms with Crippen molar-refractivity contribution in [3.05, 3.63) is 0 Å². The average molecular weight is 193 g/mol. The largest absolute Gasteiger partial charge is 0.378 e. The van der Waals surface area contributed by atoms with E-state index in [4.69, 9.17) is 10.5 Å². The van der Waals surface area contributed by atoms with E-state index in [0.717, 1.165) is 0 Å². The molecule has 0 amide bonds. The van der Waals surface area contributed by atoms with Gasteiger partial charge in [-0.2, -0.15) is 0 Å². The molecule has 0 fully saturated rings. The predicted molar refractivity (Wildman–Crippen MR) is 52.6 cm³/mol. The van der Waals surface area contributed by atoms with E-state index in [1.54, 1.807) is 0 Å². The molecule has 0 heterocycles. The topological polar surface area (TPSA) is 52.3 Å². The Hall–Kier alpha value is 0.0700. The van der Waals surface area contributed by atoms with Gasteiger partial charge in [0.2, 0.25) is 0 Å². The molecule has 0 radical (unpaired) electrons. The van der Waals surface area contributed by atoms with E-state index in [0.29, 0.717) is 18.9 Å². The first-order chi connectivity index (χ1) is 5.57. The third-order valence-electron chi connectivity index (χ3n) is 1.52. The maximum Gasteiger partial charge on any atom is 0.0585 e. The molecule has 0 aliphatic heterocycles. The molecule has 0 rings (SSSR count). The van der Waals surface area contributed by atoms with Gasteiger partial charge in [-0.05, 0) is 20.8 Å². The van der Waals surface area contributed by atoms with Crippen LogP contribution in [0.5, 0.6) is 0 Å². The molecule has 0 aliphatic rings. The first-order valence-corrected chi connectivity index (χ1v) is 5.65. The molecular weight excluding hydrogens is 174 g/mol. The SMILES string of the molecule is CC(C)OCCS(=O)C(C)CN. The van der Waals surface area contributed by atoms with Crippen molar-refractivity contribution in [1.29, 1.82) is 0 Å². The van der Waals surface area contributed by atoms with Crippen molar-refractivity contribution < 1.29 is 8.95 Å². The predicted octanol–water partition coefficient (Wildman–Crippen LogP) is 0.507. The fourth-order valence-corrected chi connectivity index (χ4v) is 1.55. The highest BCUT2D eigenvalue weighted by atomic mass is 32.2. The van der Waals surface area contributed by atoms with E-state index in [-0.39, 0.29) is 11.4 Å². The molecule has 0 aliphatic carbocycles. The molecule has 0 aromatic carbocycles. The summed E-state index contributed by atoms with van der Waals surface area (Å²) in [6, 6.07) is 0. The fraction of sp³-hybridized carbons (Fsp3) is 1.00. The molecular formula is C8H19NO2S. The molecule has 0 bridgehead atoms. The molecule has 0 spiro atoms. The van der Waals surface area contributed by atoms with Gasteiger partial charge in [0.05, 0.1) is 12.7 Å². The molecule has 0 saturated carbocycles. The van der Waals surface area contributed by atoms with Gasteiger partial charge < -0.3 is 10.5 Å². The first kappa shape index (κ1) is 12.1. The van der Waals surface area contributed by atoms with E-state index in [1.165, 1.54) is 0 Å². The number of hydrogen-bond donors (Lipinski definition) is 1. The molecule has 2 N–H and O–H groups in total. The monoisotopic (exact) mass is 193 g/mol. The lowest BCUT2D eigenvalue weighted by atomic mass is 10.5. The minimum Gasteiger partial charge on any atom is -0.378 e. The van der Waals surface area contributed by atoms with Crippen LogP contribution in [0.2, 0.25) is 0 Å². The van der Waals surface area contributed by atoms with Gasteiger partial charge in [-0.1, -0.05) is 0 Å². The summed E-state index contributed by atoms with van der Waals surface area (Å²) in [6.07, 6.45) is 0.218. The maximum atomic E-state index is 11.3. The molecule has 4 heteroatoms. The Bertz CT molecular complexity index is 139. The summed E-state index contributed by atoms with van der Waals surface area (Å²) in [6.45, 7) is 6.87. The highest BCUT2D eigenvalue weighted by Gasteiger charge is 2.08. The Balaban J connectivity index is 3.44. The summed E-state index contributed by atoms with van der Waals surface area (Å²) in [5.41, 5.74) is 5.37. The van der Waals surface area contributed by atoms with Crippen LogP contribution in [0, 0.1) is 0 Å². The third kappa shape index (κ3) is 5.69. The normalized spacial score (nSPS) is 16.4. The zero-order chi connectivity index (χ0) is 9.56. The van der Waals surface area contributed by atoms with Crippen molar-refractivity contribution in [2.24, 2.45) is 5.73 Å². The minimum absolute atomic E-state index is 0.0840. The minimum atomic E-state index is -0.831. The van der Waals surface area contributed by atoms with Gasteiger partial charge in [0.25, 0.3) is 0 Å². The molecule has 2 unspecified atom stereocenters. The maximum absolute atomic E-state index is 11.3. The van der Waals surface area contributed by atoms with Gasteiger partial charge in [-0.25, -0.2) is 0 Å². The first-order valence-electron chi connectivity index (χ1n) is 4.26. The third-order valence-corrected chi connectivity index (χ3v) is 3.18. The van der Waals surface area contributed by atoms with Gasteiger partial charge in [0.15, 0.2) is 0 Å². The van der Waals surface area contributed by atoms with Crippen LogP contribution in [-0.2, 0) is 15.5 Å². The van der Waals surface area contributed by atoms with Gasteiger partial charge in [-0.15, -0.1) is 0 Å². The summed E-state index contributed by atoms with van der Waals surface area (Å²) in [7, 11) is -0.831.